The molecule has 2 atom stereocenters. The molecule has 1 N–H and O–H groups in total. The van der Waals surface area contributed by atoms with Crippen LogP contribution in [0.2, 0.25) is 0 Å². The molecule has 1 aliphatic heterocycles. The minimum Gasteiger partial charge on any atom is -0.322 e. The highest BCUT2D eigenvalue weighted by atomic mass is 32.2. The second-order valence-electron chi connectivity index (χ2n) is 9.00. The highest BCUT2D eigenvalue weighted by Gasteiger charge is 2.31. The van der Waals surface area contributed by atoms with Crippen molar-refractivity contribution in [1.29, 1.82) is 0 Å². The lowest BCUT2D eigenvalue weighted by Crippen LogP contribution is -2.42. The number of piperidine rings is 1. The van der Waals surface area contributed by atoms with E-state index >= 15 is 0 Å². The van der Waals surface area contributed by atoms with Gasteiger partial charge < -0.3 is 10.2 Å². The molecule has 1 amide bonds. The smallest absolute Gasteiger partial charge is 0.255 e. The van der Waals surface area contributed by atoms with E-state index in [4.69, 9.17) is 0 Å². The van der Waals surface area contributed by atoms with Crippen molar-refractivity contribution >= 4 is 21.6 Å². The molecule has 0 bridgehead atoms. The van der Waals surface area contributed by atoms with Gasteiger partial charge in [-0.25, -0.2) is 8.42 Å². The first-order valence-corrected chi connectivity index (χ1v) is 12.2. The summed E-state index contributed by atoms with van der Waals surface area (Å²) in [5, 5.41) is 2.87. The van der Waals surface area contributed by atoms with Gasteiger partial charge in [0.05, 0.1) is 4.90 Å². The number of nitrogens with one attached hydrogen (secondary N) is 1. The minimum atomic E-state index is -3.55. The van der Waals surface area contributed by atoms with Crippen LogP contribution >= 0.6 is 0 Å². The molecule has 2 aromatic carbocycles. The molecule has 31 heavy (non-hydrogen) atoms. The van der Waals surface area contributed by atoms with Gasteiger partial charge in [-0.1, -0.05) is 26.0 Å². The molecule has 0 aliphatic carbocycles. The topological polar surface area (TPSA) is 69.7 Å². The monoisotopic (exact) mass is 443 g/mol. The van der Waals surface area contributed by atoms with Crippen molar-refractivity contribution in [2.75, 3.05) is 39.0 Å². The summed E-state index contributed by atoms with van der Waals surface area (Å²) in [5.74, 6) is 0.431. The van der Waals surface area contributed by atoms with E-state index in [1.165, 1.54) is 17.7 Å². The van der Waals surface area contributed by atoms with Crippen LogP contribution in [-0.4, -0.2) is 57.3 Å². The largest absolute Gasteiger partial charge is 0.322 e. The lowest BCUT2D eigenvalue weighted by atomic mass is 9.94. The van der Waals surface area contributed by atoms with Crippen LogP contribution in [-0.2, 0) is 16.4 Å². The van der Waals surface area contributed by atoms with Crippen LogP contribution in [0, 0.1) is 11.8 Å². The van der Waals surface area contributed by atoms with Gasteiger partial charge in [0.1, 0.15) is 0 Å². The fourth-order valence-electron chi connectivity index (χ4n) is 4.04. The number of anilines is 1. The van der Waals surface area contributed by atoms with Gasteiger partial charge in [-0.05, 0) is 80.7 Å². The molecule has 0 spiro atoms. The molecule has 7 heteroatoms. The van der Waals surface area contributed by atoms with E-state index in [9.17, 15) is 13.2 Å². The van der Waals surface area contributed by atoms with Gasteiger partial charge in [-0.2, -0.15) is 4.31 Å². The van der Waals surface area contributed by atoms with E-state index in [0.717, 1.165) is 19.4 Å². The average Bonchev–Trinajstić information content (AvgIpc) is 2.72. The van der Waals surface area contributed by atoms with E-state index < -0.39 is 10.0 Å². The standard InChI is InChI=1S/C24H33N3O3S/c1-18-15-19(2)17-27(16-18)31(29,30)23-11-7-21(8-12-23)24(28)25-22-9-5-20(6-10-22)13-14-26(3)4/h5-12,18-19H,13-17H2,1-4H3,(H,25,28). The Morgan fingerprint density at radius 2 is 1.58 bits per heavy atom. The van der Waals surface area contributed by atoms with Crippen LogP contribution in [0.1, 0.15) is 36.2 Å². The van der Waals surface area contributed by atoms with E-state index in [-0.39, 0.29) is 10.8 Å². The number of hydrogen-bond acceptors (Lipinski definition) is 4. The summed E-state index contributed by atoms with van der Waals surface area (Å²) in [6, 6.07) is 14.0. The number of likely N-dealkylation sites (N-methyl/N-ethyl adjacent to an activating group) is 1. The van der Waals surface area contributed by atoms with Gasteiger partial charge >= 0.3 is 0 Å². The Bertz CT molecular complexity index is 976. The Morgan fingerprint density at radius 1 is 1.00 bits per heavy atom. The molecular weight excluding hydrogens is 410 g/mol. The summed E-state index contributed by atoms with van der Waals surface area (Å²) in [5.41, 5.74) is 2.35. The fraction of sp³-hybridized carbons (Fsp3) is 0.458. The highest BCUT2D eigenvalue weighted by molar-refractivity contribution is 7.89. The summed E-state index contributed by atoms with van der Waals surface area (Å²) >= 11 is 0. The van der Waals surface area contributed by atoms with Crippen molar-refractivity contribution in [1.82, 2.24) is 9.21 Å². The van der Waals surface area contributed by atoms with Crippen molar-refractivity contribution < 1.29 is 13.2 Å². The van der Waals surface area contributed by atoms with Gasteiger partial charge in [-0.3, -0.25) is 4.79 Å². The van der Waals surface area contributed by atoms with Crippen LogP contribution in [0.5, 0.6) is 0 Å². The first-order valence-electron chi connectivity index (χ1n) is 10.8. The SMILES string of the molecule is CC1CC(C)CN(S(=O)(=O)c2ccc(C(=O)Nc3ccc(CCN(C)C)cc3)cc2)C1. The summed E-state index contributed by atoms with van der Waals surface area (Å²) in [6.45, 7) is 6.22. The third-order valence-corrected chi connectivity index (χ3v) is 7.49. The number of amides is 1. The van der Waals surface area contributed by atoms with E-state index in [0.29, 0.717) is 36.2 Å². The van der Waals surface area contributed by atoms with Gasteiger partial charge in [0.15, 0.2) is 0 Å². The zero-order chi connectivity index (χ0) is 22.6. The predicted octanol–water partition coefficient (Wildman–Crippen LogP) is 3.71. The Hall–Kier alpha value is -2.22. The second-order valence-corrected chi connectivity index (χ2v) is 10.9. The quantitative estimate of drug-likeness (QED) is 0.708. The normalized spacial score (nSPS) is 20.0. The zero-order valence-electron chi connectivity index (χ0n) is 18.8. The van der Waals surface area contributed by atoms with Crippen molar-refractivity contribution in [3.05, 3.63) is 59.7 Å². The number of carbonyl (C=O) groups is 1. The molecule has 3 rings (SSSR count). The molecule has 0 saturated carbocycles. The first-order chi connectivity index (χ1) is 14.6. The summed E-state index contributed by atoms with van der Waals surface area (Å²) < 4.78 is 27.6. The van der Waals surface area contributed by atoms with Gasteiger partial charge in [0.2, 0.25) is 10.0 Å². The lowest BCUT2D eigenvalue weighted by Gasteiger charge is -2.34. The van der Waals surface area contributed by atoms with Crippen LogP contribution in [0.15, 0.2) is 53.4 Å². The third-order valence-electron chi connectivity index (χ3n) is 5.65. The van der Waals surface area contributed by atoms with Crippen molar-refractivity contribution in [2.24, 2.45) is 11.8 Å². The zero-order valence-corrected chi connectivity index (χ0v) is 19.7. The van der Waals surface area contributed by atoms with Crippen LogP contribution in [0.4, 0.5) is 5.69 Å². The van der Waals surface area contributed by atoms with Crippen molar-refractivity contribution in [3.8, 4) is 0 Å². The number of hydrogen-bond donors (Lipinski definition) is 1. The fourth-order valence-corrected chi connectivity index (χ4v) is 5.72. The molecule has 1 saturated heterocycles. The van der Waals surface area contributed by atoms with Crippen LogP contribution in [0.25, 0.3) is 0 Å². The molecule has 2 unspecified atom stereocenters. The van der Waals surface area contributed by atoms with Gasteiger partial charge in [-0.15, -0.1) is 0 Å². The van der Waals surface area contributed by atoms with Crippen molar-refractivity contribution in [3.63, 3.8) is 0 Å². The van der Waals surface area contributed by atoms with Crippen molar-refractivity contribution in [2.45, 2.75) is 31.6 Å². The molecule has 0 radical (unpaired) electrons. The van der Waals surface area contributed by atoms with E-state index in [2.05, 4.69) is 24.1 Å². The maximum Gasteiger partial charge on any atom is 0.255 e. The van der Waals surface area contributed by atoms with E-state index in [1.54, 1.807) is 16.4 Å². The maximum absolute atomic E-state index is 13.0. The molecule has 6 nitrogen and oxygen atoms in total. The van der Waals surface area contributed by atoms with Gasteiger partial charge in [0.25, 0.3) is 5.91 Å². The Balaban J connectivity index is 1.65. The average molecular weight is 444 g/mol. The van der Waals surface area contributed by atoms with Gasteiger partial charge in [0, 0.05) is 30.9 Å². The maximum atomic E-state index is 13.0. The highest BCUT2D eigenvalue weighted by Crippen LogP contribution is 2.27. The van der Waals surface area contributed by atoms with E-state index in [1.807, 2.05) is 38.4 Å². The number of carbonyl (C=O) groups excluding carboxylic acids is 1. The minimum absolute atomic E-state index is 0.232. The Morgan fingerprint density at radius 3 is 2.13 bits per heavy atom. The molecule has 1 aliphatic rings. The first kappa shape index (κ1) is 23.4. The lowest BCUT2D eigenvalue weighted by molar-refractivity contribution is 0.102. The summed E-state index contributed by atoms with van der Waals surface area (Å²) in [6.07, 6.45) is 1.99. The summed E-state index contributed by atoms with van der Waals surface area (Å²) in [4.78, 5) is 14.9. The number of nitrogens with zero attached hydrogens (tertiary/aromatic N) is 2. The Labute approximate surface area is 186 Å². The number of benzene rings is 2. The Kier molecular flexibility index (Phi) is 7.51. The summed E-state index contributed by atoms with van der Waals surface area (Å²) in [7, 11) is 0.533. The number of sulfonamides is 1. The van der Waals surface area contributed by atoms with Crippen LogP contribution < -0.4 is 5.32 Å². The molecule has 0 aromatic heterocycles. The molecule has 2 aromatic rings. The predicted molar refractivity (Wildman–Crippen MR) is 125 cm³/mol. The third kappa shape index (κ3) is 6.15. The number of rotatable bonds is 7. The molecule has 1 fully saturated rings. The molecular formula is C24H33N3O3S. The second kappa shape index (κ2) is 9.94. The molecule has 168 valence electrons. The van der Waals surface area contributed by atoms with Crippen LogP contribution in [0.3, 0.4) is 0 Å². The molecule has 1 heterocycles.